The molecule has 1 atom stereocenters. The van der Waals surface area contributed by atoms with E-state index < -0.39 is 0 Å². The second-order valence-corrected chi connectivity index (χ2v) is 7.11. The van der Waals surface area contributed by atoms with Crippen molar-refractivity contribution in [3.8, 4) is 0 Å². The molecule has 0 amide bonds. The maximum absolute atomic E-state index is 4.66. The van der Waals surface area contributed by atoms with Crippen molar-refractivity contribution in [1.29, 1.82) is 0 Å². The highest BCUT2D eigenvalue weighted by molar-refractivity contribution is 14.0. The van der Waals surface area contributed by atoms with Gasteiger partial charge in [0.05, 0.1) is 17.2 Å². The lowest BCUT2D eigenvalue weighted by Gasteiger charge is -2.16. The van der Waals surface area contributed by atoms with Crippen molar-refractivity contribution < 1.29 is 0 Å². The molecule has 0 spiro atoms. The molecule has 0 bridgehead atoms. The van der Waals surface area contributed by atoms with Crippen LogP contribution in [-0.2, 0) is 6.54 Å². The van der Waals surface area contributed by atoms with Gasteiger partial charge in [0.2, 0.25) is 0 Å². The highest BCUT2D eigenvalue weighted by atomic mass is 127. The van der Waals surface area contributed by atoms with Gasteiger partial charge in [-0.15, -0.1) is 35.3 Å². The predicted octanol–water partition coefficient (Wildman–Crippen LogP) is 4.74. The van der Waals surface area contributed by atoms with Crippen LogP contribution in [0.3, 0.4) is 0 Å². The van der Waals surface area contributed by atoms with Gasteiger partial charge in [-0.2, -0.15) is 0 Å². The van der Waals surface area contributed by atoms with Crippen molar-refractivity contribution in [1.82, 2.24) is 15.6 Å². The molecule has 0 saturated heterocycles. The first-order chi connectivity index (χ1) is 11.6. The molecule has 25 heavy (non-hydrogen) atoms. The van der Waals surface area contributed by atoms with Gasteiger partial charge >= 0.3 is 0 Å². The molecule has 0 fully saturated rings. The van der Waals surface area contributed by atoms with E-state index in [9.17, 15) is 0 Å². The van der Waals surface area contributed by atoms with Gasteiger partial charge in [0.15, 0.2) is 5.96 Å². The number of hydrogen-bond acceptors (Lipinski definition) is 3. The van der Waals surface area contributed by atoms with E-state index in [4.69, 9.17) is 0 Å². The Morgan fingerprint density at radius 2 is 1.88 bits per heavy atom. The van der Waals surface area contributed by atoms with Crippen LogP contribution in [-0.4, -0.2) is 24.0 Å². The molecule has 0 saturated carbocycles. The Balaban J connectivity index is 0.00000312. The Morgan fingerprint density at radius 3 is 2.48 bits per heavy atom. The zero-order chi connectivity index (χ0) is 17.4. The molecule has 2 N–H and O–H groups in total. The summed E-state index contributed by atoms with van der Waals surface area (Å²) in [7, 11) is 0. The highest BCUT2D eigenvalue weighted by Gasteiger charge is 2.08. The van der Waals surface area contributed by atoms with E-state index in [2.05, 4.69) is 84.0 Å². The fraction of sp³-hybridized carbons (Fsp3) is 0.474. The number of nitrogens with one attached hydrogen (secondary N) is 2. The van der Waals surface area contributed by atoms with E-state index in [1.165, 1.54) is 10.6 Å². The quantitative estimate of drug-likeness (QED) is 0.348. The van der Waals surface area contributed by atoms with Crippen LogP contribution in [0.25, 0.3) is 0 Å². The van der Waals surface area contributed by atoms with Crippen molar-refractivity contribution in [2.24, 2.45) is 4.99 Å². The molecule has 0 aliphatic carbocycles. The van der Waals surface area contributed by atoms with Gasteiger partial charge in [-0.1, -0.05) is 51.1 Å². The lowest BCUT2D eigenvalue weighted by Crippen LogP contribution is -2.39. The van der Waals surface area contributed by atoms with Crippen molar-refractivity contribution in [3.05, 3.63) is 52.0 Å². The van der Waals surface area contributed by atoms with Crippen LogP contribution in [0, 0.1) is 0 Å². The fourth-order valence-electron chi connectivity index (χ4n) is 2.31. The number of aliphatic imine (C=N–C) groups is 1. The van der Waals surface area contributed by atoms with E-state index in [0.29, 0.717) is 18.4 Å². The minimum absolute atomic E-state index is 0. The molecule has 2 aromatic rings. The van der Waals surface area contributed by atoms with E-state index >= 15 is 0 Å². The van der Waals surface area contributed by atoms with Gasteiger partial charge in [-0.25, -0.2) is 9.98 Å². The van der Waals surface area contributed by atoms with Gasteiger partial charge in [0.25, 0.3) is 0 Å². The van der Waals surface area contributed by atoms with E-state index in [1.807, 2.05) is 0 Å². The zero-order valence-electron chi connectivity index (χ0n) is 15.5. The number of halogens is 1. The van der Waals surface area contributed by atoms with Crippen molar-refractivity contribution in [2.45, 2.75) is 46.1 Å². The van der Waals surface area contributed by atoms with Gasteiger partial charge in [0.1, 0.15) is 0 Å². The minimum Gasteiger partial charge on any atom is -0.357 e. The Hall–Kier alpha value is -1.15. The molecule has 6 heteroatoms. The van der Waals surface area contributed by atoms with Gasteiger partial charge < -0.3 is 10.6 Å². The number of hydrogen-bond donors (Lipinski definition) is 2. The number of rotatable bonds is 7. The number of benzene rings is 1. The summed E-state index contributed by atoms with van der Waals surface area (Å²) in [5.41, 5.74) is 2.37. The molecule has 2 rings (SSSR count). The molecule has 1 unspecified atom stereocenters. The van der Waals surface area contributed by atoms with Crippen LogP contribution in [0.4, 0.5) is 0 Å². The minimum atomic E-state index is 0. The maximum Gasteiger partial charge on any atom is 0.191 e. The van der Waals surface area contributed by atoms with Crippen LogP contribution in [0.2, 0.25) is 0 Å². The first-order valence-corrected chi connectivity index (χ1v) is 9.49. The van der Waals surface area contributed by atoms with E-state index in [-0.39, 0.29) is 24.0 Å². The molecular weight excluding hydrogens is 443 g/mol. The number of thiazole rings is 1. The Labute approximate surface area is 172 Å². The fourth-order valence-corrected chi connectivity index (χ4v) is 3.14. The van der Waals surface area contributed by atoms with Crippen molar-refractivity contribution in [2.75, 3.05) is 13.1 Å². The second-order valence-electron chi connectivity index (χ2n) is 6.22. The summed E-state index contributed by atoms with van der Waals surface area (Å²) in [6, 6.07) is 10.5. The third-order valence-corrected chi connectivity index (χ3v) is 4.95. The standard InChI is InChI=1S/C19H28N4S.HI/c1-5-20-19(21-11-15(4)16-9-7-6-8-10-16)22-12-17-13-24-18(23-17)14(2)3;/h6-10,13-15H,5,11-12H2,1-4H3,(H2,20,21,22);1H. The third kappa shape index (κ3) is 7.32. The monoisotopic (exact) mass is 472 g/mol. The Morgan fingerprint density at radius 1 is 1.16 bits per heavy atom. The average Bonchev–Trinajstić information content (AvgIpc) is 3.07. The van der Waals surface area contributed by atoms with Crippen LogP contribution < -0.4 is 10.6 Å². The summed E-state index contributed by atoms with van der Waals surface area (Å²) in [5, 5.41) is 10.0. The number of guanidine groups is 1. The van der Waals surface area contributed by atoms with Crippen LogP contribution in [0.5, 0.6) is 0 Å². The maximum atomic E-state index is 4.66. The van der Waals surface area contributed by atoms with Gasteiger partial charge in [-0.05, 0) is 18.4 Å². The smallest absolute Gasteiger partial charge is 0.191 e. The summed E-state index contributed by atoms with van der Waals surface area (Å²) in [6.07, 6.45) is 0. The normalized spacial score (nSPS) is 12.6. The molecule has 0 radical (unpaired) electrons. The lowest BCUT2D eigenvalue weighted by atomic mass is 10.0. The van der Waals surface area contributed by atoms with Crippen molar-refractivity contribution >= 4 is 41.3 Å². The molecule has 1 heterocycles. The Bertz CT molecular complexity index is 640. The highest BCUT2D eigenvalue weighted by Crippen LogP contribution is 2.19. The molecule has 4 nitrogen and oxygen atoms in total. The third-order valence-electron chi connectivity index (χ3n) is 3.75. The van der Waals surface area contributed by atoms with E-state index in [0.717, 1.165) is 24.7 Å². The topological polar surface area (TPSA) is 49.3 Å². The predicted molar refractivity (Wildman–Crippen MR) is 119 cm³/mol. The molecular formula is C19H29IN4S. The van der Waals surface area contributed by atoms with Crippen LogP contribution >= 0.6 is 35.3 Å². The second kappa shape index (κ2) is 11.5. The van der Waals surface area contributed by atoms with Crippen LogP contribution in [0.1, 0.15) is 55.8 Å². The molecule has 1 aromatic heterocycles. The SMILES string of the molecule is CCNC(=NCc1csc(C(C)C)n1)NCC(C)c1ccccc1.I. The average molecular weight is 472 g/mol. The van der Waals surface area contributed by atoms with E-state index in [1.54, 1.807) is 11.3 Å². The first-order valence-electron chi connectivity index (χ1n) is 8.61. The van der Waals surface area contributed by atoms with Crippen LogP contribution in [0.15, 0.2) is 40.7 Å². The largest absolute Gasteiger partial charge is 0.357 e. The molecule has 0 aliphatic heterocycles. The Kier molecular flexibility index (Phi) is 10.0. The number of aromatic nitrogens is 1. The lowest BCUT2D eigenvalue weighted by molar-refractivity contribution is 0.699. The summed E-state index contributed by atoms with van der Waals surface area (Å²) < 4.78 is 0. The molecule has 1 aromatic carbocycles. The number of nitrogens with zero attached hydrogens (tertiary/aromatic N) is 2. The van der Waals surface area contributed by atoms with Crippen molar-refractivity contribution in [3.63, 3.8) is 0 Å². The van der Waals surface area contributed by atoms with Gasteiger partial charge in [0, 0.05) is 24.4 Å². The summed E-state index contributed by atoms with van der Waals surface area (Å²) in [4.78, 5) is 9.30. The summed E-state index contributed by atoms with van der Waals surface area (Å²) in [6.45, 7) is 11.0. The molecule has 138 valence electrons. The van der Waals surface area contributed by atoms with Gasteiger partial charge in [-0.3, -0.25) is 0 Å². The summed E-state index contributed by atoms with van der Waals surface area (Å²) in [5.74, 6) is 1.76. The summed E-state index contributed by atoms with van der Waals surface area (Å²) >= 11 is 1.72. The first kappa shape index (κ1) is 21.9. The zero-order valence-corrected chi connectivity index (χ0v) is 18.6. The molecule has 0 aliphatic rings.